The second kappa shape index (κ2) is 22.3. The van der Waals surface area contributed by atoms with E-state index in [0.29, 0.717) is 43.9 Å². The molecule has 21 nitrogen and oxygen atoms in total. The molecule has 6 heterocycles. The van der Waals surface area contributed by atoms with Crippen LogP contribution >= 0.6 is 23.5 Å². The zero-order valence-electron chi connectivity index (χ0n) is 37.7. The van der Waals surface area contributed by atoms with Crippen LogP contribution in [0.4, 0.5) is 0 Å². The quantitative estimate of drug-likeness (QED) is 0.111. The van der Waals surface area contributed by atoms with E-state index in [0.717, 1.165) is 40.6 Å². The number of carbonyl (C=O) groups is 2. The Morgan fingerprint density at radius 3 is 1.71 bits per heavy atom. The molecule has 1 aliphatic heterocycles. The number of pyridine rings is 2. The van der Waals surface area contributed by atoms with Crippen LogP contribution in [0.25, 0.3) is 33.1 Å². The number of likely N-dealkylation sites (tertiary alicyclic amines) is 1. The zero-order valence-corrected chi connectivity index (χ0v) is 40.2. The summed E-state index contributed by atoms with van der Waals surface area (Å²) in [7, 11) is 3.75. The second-order valence-electron chi connectivity index (χ2n) is 15.4. The van der Waals surface area contributed by atoms with Gasteiger partial charge in [-0.05, 0) is 55.8 Å². The number of amides is 2. The minimum atomic E-state index is -3.58. The Bertz CT molecular complexity index is 3500. The molecule has 0 spiro atoms. The number of H-pyrrole nitrogens is 2. The number of nitrogens with one attached hydrogen (secondary N) is 4. The molecule has 0 saturated carbocycles. The fourth-order valence-electron chi connectivity index (χ4n) is 7.08. The molecule has 0 aliphatic carbocycles. The Hall–Kier alpha value is -6.89. The number of nitrogens with zero attached hydrogens (tertiary/aromatic N) is 7. The van der Waals surface area contributed by atoms with Crippen molar-refractivity contribution in [1.29, 1.82) is 0 Å². The van der Waals surface area contributed by atoms with Crippen molar-refractivity contribution < 1.29 is 18.0 Å². The van der Waals surface area contributed by atoms with Gasteiger partial charge in [-0.2, -0.15) is 0 Å². The smallest absolute Gasteiger partial charge is 0.332 e. The normalized spacial score (nSPS) is 12.8. The molecule has 0 bridgehead atoms. The van der Waals surface area contributed by atoms with Gasteiger partial charge in [0, 0.05) is 70.0 Å². The van der Waals surface area contributed by atoms with E-state index in [1.165, 1.54) is 91.0 Å². The highest BCUT2D eigenvalue weighted by Gasteiger charge is 2.19. The monoisotopic (exact) mass is 987 g/mol. The van der Waals surface area contributed by atoms with Crippen molar-refractivity contribution >= 4 is 78.5 Å². The molecule has 8 rings (SSSR count). The molecular formula is C44H49N11O10S3. The highest BCUT2D eigenvalue weighted by Crippen LogP contribution is 2.25. The molecule has 0 radical (unpaired) electrons. The summed E-state index contributed by atoms with van der Waals surface area (Å²) in [6, 6.07) is 17.1. The van der Waals surface area contributed by atoms with Crippen molar-refractivity contribution in [1.82, 2.24) is 53.1 Å². The molecule has 0 unspecified atom stereocenters. The maximum Gasteiger partial charge on any atom is 0.332 e. The van der Waals surface area contributed by atoms with E-state index in [4.69, 9.17) is 0 Å². The molecular weight excluding hydrogens is 939 g/mol. The minimum Gasteiger partial charge on any atom is -0.351 e. The Balaban J connectivity index is 0.000000172. The first-order chi connectivity index (χ1) is 32.4. The lowest BCUT2D eigenvalue weighted by atomic mass is 10.2. The molecule has 2 aromatic carbocycles. The van der Waals surface area contributed by atoms with Crippen LogP contribution in [-0.2, 0) is 54.3 Å². The highest BCUT2D eigenvalue weighted by molar-refractivity contribution is 8.00. The molecule has 4 N–H and O–H groups in total. The molecule has 1 saturated heterocycles. The number of sulfonamides is 1. The molecule has 7 aromatic rings. The Morgan fingerprint density at radius 1 is 0.662 bits per heavy atom. The Morgan fingerprint density at radius 2 is 1.18 bits per heavy atom. The summed E-state index contributed by atoms with van der Waals surface area (Å²) in [5.74, 6) is 0.409. The molecule has 1 aliphatic rings. The SMILES string of the molecule is CNS(=O)(=O)c1ccc2[nH]c(=O)c(=O)[nH]c2c1.Cn1c(=O)c2c(SCC(=O)N3CCCCCC3)ccnc2n(C)c1=O.Cn1c(=O)c2c(SCC(=O)NCc3ccccc3)ccnc2n(C)c1=O. The van der Waals surface area contributed by atoms with Crippen molar-refractivity contribution in [3.8, 4) is 0 Å². The van der Waals surface area contributed by atoms with E-state index < -0.39 is 38.1 Å². The fourth-order valence-corrected chi connectivity index (χ4v) is 9.65. The van der Waals surface area contributed by atoms with Gasteiger partial charge in [-0.3, -0.25) is 47.0 Å². The summed E-state index contributed by atoms with van der Waals surface area (Å²) in [5, 5.41) is 3.58. The van der Waals surface area contributed by atoms with Crippen molar-refractivity contribution in [2.24, 2.45) is 28.2 Å². The van der Waals surface area contributed by atoms with Crippen LogP contribution in [0.2, 0.25) is 0 Å². The van der Waals surface area contributed by atoms with Crippen molar-refractivity contribution in [3.05, 3.63) is 141 Å². The van der Waals surface area contributed by atoms with Gasteiger partial charge in [-0.1, -0.05) is 43.2 Å². The van der Waals surface area contributed by atoms with Gasteiger partial charge in [0.05, 0.1) is 38.2 Å². The molecule has 358 valence electrons. The van der Waals surface area contributed by atoms with Crippen LogP contribution in [0.3, 0.4) is 0 Å². The summed E-state index contributed by atoms with van der Waals surface area (Å²) >= 11 is 2.59. The van der Waals surface area contributed by atoms with Crippen molar-refractivity contribution in [2.45, 2.75) is 46.9 Å². The molecule has 1 fully saturated rings. The number of aromatic amines is 2. The van der Waals surface area contributed by atoms with Crippen LogP contribution in [0, 0.1) is 0 Å². The van der Waals surface area contributed by atoms with Crippen molar-refractivity contribution in [2.75, 3.05) is 31.6 Å². The van der Waals surface area contributed by atoms with E-state index in [1.54, 1.807) is 32.4 Å². The van der Waals surface area contributed by atoms with Gasteiger partial charge in [0.25, 0.3) is 11.1 Å². The van der Waals surface area contributed by atoms with E-state index in [2.05, 4.69) is 30.0 Å². The lowest BCUT2D eigenvalue weighted by Crippen LogP contribution is -2.37. The van der Waals surface area contributed by atoms with E-state index in [9.17, 15) is 46.8 Å². The third kappa shape index (κ3) is 11.6. The lowest BCUT2D eigenvalue weighted by molar-refractivity contribution is -0.128. The number of rotatable bonds is 10. The van der Waals surface area contributed by atoms with Gasteiger partial charge in [-0.15, -0.1) is 23.5 Å². The summed E-state index contributed by atoms with van der Waals surface area (Å²) in [4.78, 5) is 112. The predicted octanol–water partition coefficient (Wildman–Crippen LogP) is 1.29. The van der Waals surface area contributed by atoms with Gasteiger partial charge in [0.1, 0.15) is 11.3 Å². The number of aromatic nitrogens is 8. The number of hydrogen-bond donors (Lipinski definition) is 4. The van der Waals surface area contributed by atoms with Gasteiger partial charge >= 0.3 is 22.5 Å². The number of thioether (sulfide) groups is 2. The number of carbonyl (C=O) groups excluding carboxylic acids is 2. The van der Waals surface area contributed by atoms with E-state index in [-0.39, 0.29) is 39.3 Å². The maximum absolute atomic E-state index is 12.5. The number of hydrogen-bond acceptors (Lipinski definition) is 14. The van der Waals surface area contributed by atoms with Crippen molar-refractivity contribution in [3.63, 3.8) is 0 Å². The molecule has 24 heteroatoms. The number of benzene rings is 2. The van der Waals surface area contributed by atoms with Crippen LogP contribution in [0.5, 0.6) is 0 Å². The molecule has 2 amide bonds. The largest absolute Gasteiger partial charge is 0.351 e. The number of aryl methyl sites for hydroxylation is 2. The standard InChI is InChI=1S/C18H18N4O3S.C17H22N4O3S.C9H9N3O4S/c1-21-16-15(17(24)22(2)18(21)25)13(8-9-19-16)26-11-14(23)20-10-12-6-4-3-5-7-12;1-19-15-14(16(23)20(2)17(19)24)12(7-8-18-15)25-11-13(22)21-9-5-3-4-6-10-21;1-10-17(15,16)5-2-3-6-7(4-5)12-9(14)8(13)11-6/h3-9H,10-11H2,1-2H3,(H,20,23);7-8H,3-6,9-11H2,1-2H3;2-4,10H,1H3,(H,11,13)(H,12,14). The fraction of sp³-hybridized carbons (Fsp3) is 0.318. The number of fused-ring (bicyclic) bond motifs is 3. The average molecular weight is 988 g/mol. The molecule has 5 aromatic heterocycles. The van der Waals surface area contributed by atoms with Crippen LogP contribution in [0.1, 0.15) is 31.2 Å². The average Bonchev–Trinajstić information content (AvgIpc) is 3.65. The molecule has 0 atom stereocenters. The van der Waals surface area contributed by atoms with Crippen LogP contribution in [0.15, 0.2) is 117 Å². The van der Waals surface area contributed by atoms with E-state index >= 15 is 0 Å². The minimum absolute atomic E-state index is 0.00944. The molecule has 68 heavy (non-hydrogen) atoms. The Kier molecular flexibility index (Phi) is 16.5. The van der Waals surface area contributed by atoms with Crippen LogP contribution in [-0.4, -0.2) is 95.0 Å². The van der Waals surface area contributed by atoms with Gasteiger partial charge < -0.3 is 20.2 Å². The highest BCUT2D eigenvalue weighted by atomic mass is 32.2. The second-order valence-corrected chi connectivity index (χ2v) is 19.3. The Labute approximate surface area is 395 Å². The first kappa shape index (κ1) is 50.5. The topological polar surface area (TPSA) is 275 Å². The summed E-state index contributed by atoms with van der Waals surface area (Å²) in [6.07, 6.45) is 7.56. The van der Waals surface area contributed by atoms with Gasteiger partial charge in [0.15, 0.2) is 0 Å². The predicted molar refractivity (Wildman–Crippen MR) is 261 cm³/mol. The maximum atomic E-state index is 12.5. The first-order valence-corrected chi connectivity index (χ1v) is 24.5. The summed E-state index contributed by atoms with van der Waals surface area (Å²) < 4.78 is 30.0. The van der Waals surface area contributed by atoms with Gasteiger partial charge in [0.2, 0.25) is 21.8 Å². The third-order valence-electron chi connectivity index (χ3n) is 10.9. The summed E-state index contributed by atoms with van der Waals surface area (Å²) in [5.41, 5.74) is -0.934. The van der Waals surface area contributed by atoms with E-state index in [1.807, 2.05) is 35.2 Å². The first-order valence-electron chi connectivity index (χ1n) is 21.1. The van der Waals surface area contributed by atoms with Gasteiger partial charge in [-0.25, -0.2) is 32.7 Å². The summed E-state index contributed by atoms with van der Waals surface area (Å²) in [6.45, 7) is 2.08. The lowest BCUT2D eigenvalue weighted by Gasteiger charge is -2.20. The van der Waals surface area contributed by atoms with Crippen LogP contribution < -0.4 is 43.7 Å². The zero-order chi connectivity index (χ0) is 49.3. The third-order valence-corrected chi connectivity index (χ3v) is 14.4.